The fourth-order valence-corrected chi connectivity index (χ4v) is 2.14. The molecule has 0 radical (unpaired) electrons. The number of rotatable bonds is 7. The lowest BCUT2D eigenvalue weighted by Crippen LogP contribution is -2.48. The number of hydrogen-bond acceptors (Lipinski definition) is 3. The van der Waals surface area contributed by atoms with Gasteiger partial charge < -0.3 is 10.1 Å². The topological polar surface area (TPSA) is 62.4 Å². The minimum absolute atomic E-state index is 0.188. The monoisotopic (exact) mass is 363 g/mol. The number of hydrazine groups is 1. The van der Waals surface area contributed by atoms with Crippen molar-refractivity contribution in [1.29, 1.82) is 0 Å². The Bertz CT molecular complexity index is 515. The summed E-state index contributed by atoms with van der Waals surface area (Å²) in [4.78, 5) is 11.6. The van der Waals surface area contributed by atoms with Crippen LogP contribution in [0.4, 0.5) is 0 Å². The van der Waals surface area contributed by atoms with Gasteiger partial charge in [0, 0.05) is 11.6 Å². The van der Waals surface area contributed by atoms with Crippen molar-refractivity contribution < 1.29 is 9.53 Å². The molecular weight excluding hydrogens is 345 g/mol. The Labute approximate surface area is 145 Å². The van der Waals surface area contributed by atoms with Gasteiger partial charge in [0.2, 0.25) is 0 Å². The summed E-state index contributed by atoms with van der Waals surface area (Å²) < 4.78 is 5.29. The fraction of sp³-hybridized carbons (Fsp3) is 0.429. The second kappa shape index (κ2) is 10.5. The molecule has 1 amide bonds. The molecule has 0 aromatic heterocycles. The van der Waals surface area contributed by atoms with Crippen LogP contribution in [0.3, 0.4) is 0 Å². The number of carbonyl (C=O) groups excluding carboxylic acids is 1. The van der Waals surface area contributed by atoms with E-state index in [1.165, 1.54) is 0 Å². The fourth-order valence-electron chi connectivity index (χ4n) is 1.52. The Hall–Kier alpha value is -1.24. The molecule has 122 valence electrons. The molecule has 0 heterocycles. The highest BCUT2D eigenvalue weighted by atomic mass is 35.5. The van der Waals surface area contributed by atoms with Gasteiger partial charge in [0.25, 0.3) is 5.91 Å². The molecule has 0 unspecified atom stereocenters. The SMILES string of the molecule is CCCCCNC(=S)NNC(=O)COc1ccc(Cl)cc1Cl. The van der Waals surface area contributed by atoms with Crippen molar-refractivity contribution in [3.63, 3.8) is 0 Å². The van der Waals surface area contributed by atoms with E-state index in [2.05, 4.69) is 23.1 Å². The third-order valence-corrected chi connectivity index (χ3v) is 3.41. The summed E-state index contributed by atoms with van der Waals surface area (Å²) >= 11 is 16.7. The van der Waals surface area contributed by atoms with Crippen LogP contribution in [0.5, 0.6) is 5.75 Å². The zero-order valence-electron chi connectivity index (χ0n) is 12.2. The van der Waals surface area contributed by atoms with Gasteiger partial charge in [-0.15, -0.1) is 0 Å². The van der Waals surface area contributed by atoms with Crippen molar-refractivity contribution in [2.45, 2.75) is 26.2 Å². The summed E-state index contributed by atoms with van der Waals surface area (Å²) in [6, 6.07) is 4.78. The second-order valence-corrected chi connectivity index (χ2v) is 5.75. The molecular formula is C14H19Cl2N3O2S. The maximum atomic E-state index is 11.6. The summed E-state index contributed by atoms with van der Waals surface area (Å²) in [5.41, 5.74) is 5.04. The molecule has 8 heteroatoms. The van der Waals surface area contributed by atoms with Gasteiger partial charge in [-0.3, -0.25) is 15.6 Å². The first-order chi connectivity index (χ1) is 10.5. The Kier molecular flexibility index (Phi) is 8.96. The van der Waals surface area contributed by atoms with Gasteiger partial charge in [0.1, 0.15) is 5.75 Å². The first-order valence-electron chi connectivity index (χ1n) is 6.93. The van der Waals surface area contributed by atoms with Crippen molar-refractivity contribution in [1.82, 2.24) is 16.2 Å². The Morgan fingerprint density at radius 1 is 1.27 bits per heavy atom. The number of benzene rings is 1. The van der Waals surface area contributed by atoms with Crippen molar-refractivity contribution in [3.05, 3.63) is 28.2 Å². The van der Waals surface area contributed by atoms with Crippen LogP contribution in [0.2, 0.25) is 10.0 Å². The number of amides is 1. The number of unbranched alkanes of at least 4 members (excludes halogenated alkanes) is 2. The first-order valence-corrected chi connectivity index (χ1v) is 8.10. The third-order valence-electron chi connectivity index (χ3n) is 2.63. The number of carbonyl (C=O) groups is 1. The summed E-state index contributed by atoms with van der Waals surface area (Å²) in [5.74, 6) is 0.0187. The van der Waals surface area contributed by atoms with E-state index in [0.29, 0.717) is 20.9 Å². The quantitative estimate of drug-likeness (QED) is 0.394. The lowest BCUT2D eigenvalue weighted by molar-refractivity contribution is -0.123. The van der Waals surface area contributed by atoms with Crippen LogP contribution in [-0.4, -0.2) is 24.2 Å². The van der Waals surface area contributed by atoms with E-state index < -0.39 is 0 Å². The lowest BCUT2D eigenvalue weighted by Gasteiger charge is -2.12. The molecule has 0 spiro atoms. The molecule has 0 aliphatic heterocycles. The van der Waals surface area contributed by atoms with E-state index in [0.717, 1.165) is 25.8 Å². The van der Waals surface area contributed by atoms with Crippen LogP contribution in [0.15, 0.2) is 18.2 Å². The first kappa shape index (κ1) is 18.8. The van der Waals surface area contributed by atoms with Crippen LogP contribution in [-0.2, 0) is 4.79 Å². The number of ether oxygens (including phenoxy) is 1. The van der Waals surface area contributed by atoms with Gasteiger partial charge in [0.05, 0.1) is 5.02 Å². The molecule has 0 saturated heterocycles. The zero-order chi connectivity index (χ0) is 16.4. The third kappa shape index (κ3) is 7.68. The summed E-state index contributed by atoms with van der Waals surface area (Å²) in [5, 5.41) is 4.21. The van der Waals surface area contributed by atoms with Crippen LogP contribution < -0.4 is 20.9 Å². The molecule has 0 aliphatic rings. The van der Waals surface area contributed by atoms with E-state index in [1.54, 1.807) is 18.2 Å². The van der Waals surface area contributed by atoms with E-state index in [9.17, 15) is 4.79 Å². The summed E-state index contributed by atoms with van der Waals surface area (Å²) in [6.45, 7) is 2.71. The number of nitrogens with one attached hydrogen (secondary N) is 3. The molecule has 3 N–H and O–H groups in total. The molecule has 1 aromatic rings. The predicted molar refractivity (Wildman–Crippen MR) is 93.4 cm³/mol. The Morgan fingerprint density at radius 2 is 2.05 bits per heavy atom. The molecule has 0 aliphatic carbocycles. The smallest absolute Gasteiger partial charge is 0.276 e. The molecule has 0 atom stereocenters. The van der Waals surface area contributed by atoms with Gasteiger partial charge in [-0.25, -0.2) is 0 Å². The normalized spacial score (nSPS) is 9.95. The highest BCUT2D eigenvalue weighted by Gasteiger charge is 2.06. The average Bonchev–Trinajstić information content (AvgIpc) is 2.48. The average molecular weight is 364 g/mol. The van der Waals surface area contributed by atoms with Crippen LogP contribution in [0, 0.1) is 0 Å². The lowest BCUT2D eigenvalue weighted by atomic mass is 10.2. The minimum Gasteiger partial charge on any atom is -0.482 e. The number of hydrogen-bond donors (Lipinski definition) is 3. The molecule has 5 nitrogen and oxygen atoms in total. The van der Waals surface area contributed by atoms with Crippen LogP contribution >= 0.6 is 35.4 Å². The Balaban J connectivity index is 2.22. The van der Waals surface area contributed by atoms with Crippen molar-refractivity contribution in [2.24, 2.45) is 0 Å². The maximum absolute atomic E-state index is 11.6. The van der Waals surface area contributed by atoms with Crippen LogP contribution in [0.25, 0.3) is 0 Å². The van der Waals surface area contributed by atoms with Gasteiger partial charge in [-0.1, -0.05) is 43.0 Å². The van der Waals surface area contributed by atoms with Crippen molar-refractivity contribution in [2.75, 3.05) is 13.2 Å². The van der Waals surface area contributed by atoms with E-state index in [4.69, 9.17) is 40.2 Å². The van der Waals surface area contributed by atoms with E-state index in [1.807, 2.05) is 0 Å². The number of thiocarbonyl (C=S) groups is 1. The van der Waals surface area contributed by atoms with Gasteiger partial charge in [-0.2, -0.15) is 0 Å². The highest BCUT2D eigenvalue weighted by molar-refractivity contribution is 7.80. The largest absolute Gasteiger partial charge is 0.482 e. The molecule has 22 heavy (non-hydrogen) atoms. The van der Waals surface area contributed by atoms with Crippen LogP contribution in [0.1, 0.15) is 26.2 Å². The Morgan fingerprint density at radius 3 is 2.73 bits per heavy atom. The van der Waals surface area contributed by atoms with Crippen molar-refractivity contribution >= 4 is 46.4 Å². The summed E-state index contributed by atoms with van der Waals surface area (Å²) in [7, 11) is 0. The van der Waals surface area contributed by atoms with Gasteiger partial charge >= 0.3 is 0 Å². The molecule has 1 rings (SSSR count). The van der Waals surface area contributed by atoms with Crippen molar-refractivity contribution in [3.8, 4) is 5.75 Å². The number of halogens is 2. The van der Waals surface area contributed by atoms with Gasteiger partial charge in [0.15, 0.2) is 11.7 Å². The zero-order valence-corrected chi connectivity index (χ0v) is 14.6. The van der Waals surface area contributed by atoms with E-state index >= 15 is 0 Å². The standard InChI is InChI=1S/C14H19Cl2N3O2S/c1-2-3-4-7-17-14(22)19-18-13(20)9-21-12-6-5-10(15)8-11(12)16/h5-6,8H,2-4,7,9H2,1H3,(H,18,20)(H2,17,19,22). The molecule has 0 bridgehead atoms. The molecule has 0 fully saturated rings. The maximum Gasteiger partial charge on any atom is 0.276 e. The minimum atomic E-state index is -0.372. The summed E-state index contributed by atoms with van der Waals surface area (Å²) in [6.07, 6.45) is 3.31. The molecule has 0 saturated carbocycles. The molecule has 1 aromatic carbocycles. The predicted octanol–water partition coefficient (Wildman–Crippen LogP) is 3.06. The second-order valence-electron chi connectivity index (χ2n) is 4.50. The highest BCUT2D eigenvalue weighted by Crippen LogP contribution is 2.27. The van der Waals surface area contributed by atoms with Gasteiger partial charge in [-0.05, 0) is 36.8 Å². The van der Waals surface area contributed by atoms with E-state index in [-0.39, 0.29) is 12.5 Å².